The van der Waals surface area contributed by atoms with Crippen LogP contribution in [0.2, 0.25) is 0 Å². The van der Waals surface area contributed by atoms with Crippen molar-refractivity contribution in [2.75, 3.05) is 49.3 Å². The highest BCUT2D eigenvalue weighted by Crippen LogP contribution is 2.52. The quantitative estimate of drug-likeness (QED) is 0.0263. The van der Waals surface area contributed by atoms with Crippen molar-refractivity contribution in [3.8, 4) is 0 Å². The highest BCUT2D eigenvalue weighted by molar-refractivity contribution is 7.86. The lowest BCUT2D eigenvalue weighted by Crippen LogP contribution is -2.28. The Labute approximate surface area is 420 Å². The number of rotatable bonds is 22. The third kappa shape index (κ3) is 11.7. The number of anilines is 1. The Balaban J connectivity index is 1.20. The van der Waals surface area contributed by atoms with Crippen LogP contribution in [0.3, 0.4) is 0 Å². The zero-order valence-electron chi connectivity index (χ0n) is 41.7. The van der Waals surface area contributed by atoms with Gasteiger partial charge in [0.15, 0.2) is 11.5 Å². The molecule has 0 saturated heterocycles. The fraction of sp³-hybridized carbons (Fsp3) is 0.414. The van der Waals surface area contributed by atoms with E-state index in [2.05, 4.69) is 140 Å². The van der Waals surface area contributed by atoms with Crippen molar-refractivity contribution in [1.82, 2.24) is 0 Å². The van der Waals surface area contributed by atoms with Crippen LogP contribution in [0.5, 0.6) is 0 Å². The van der Waals surface area contributed by atoms with Gasteiger partial charge in [0.25, 0.3) is 20.2 Å². The molecule has 71 heavy (non-hydrogen) atoms. The van der Waals surface area contributed by atoms with Crippen LogP contribution < -0.4 is 10.6 Å². The molecule has 13 heteroatoms. The number of carbonyl (C=O) groups is 1. The molecule has 5 aromatic carbocycles. The molecule has 4 N–H and O–H groups in total. The van der Waals surface area contributed by atoms with Crippen molar-refractivity contribution in [3.05, 3.63) is 149 Å². The number of nitrogens with two attached hydrogens (primary N) is 1. The first kappa shape index (κ1) is 52.1. The van der Waals surface area contributed by atoms with Gasteiger partial charge in [-0.2, -0.15) is 21.4 Å². The summed E-state index contributed by atoms with van der Waals surface area (Å²) in [7, 11) is -8.16. The molecule has 11 nitrogen and oxygen atoms in total. The van der Waals surface area contributed by atoms with E-state index in [1.165, 1.54) is 44.1 Å². The summed E-state index contributed by atoms with van der Waals surface area (Å²) < 4.78 is 73.9. The minimum Gasteiger partial charge on any atom is -0.380 e. The van der Waals surface area contributed by atoms with Crippen LogP contribution in [-0.2, 0) is 35.8 Å². The summed E-state index contributed by atoms with van der Waals surface area (Å²) in [6.07, 6.45) is 13.4. The summed E-state index contributed by atoms with van der Waals surface area (Å²) in [6.45, 7) is 11.7. The highest BCUT2D eigenvalue weighted by atomic mass is 32.2. The molecule has 0 fully saturated rings. The molecule has 1 atom stereocenters. The van der Waals surface area contributed by atoms with E-state index in [4.69, 9.17) is 10.5 Å². The fourth-order valence-electron chi connectivity index (χ4n) is 11.6. The van der Waals surface area contributed by atoms with Gasteiger partial charge in [-0.25, -0.2) is 0 Å². The predicted octanol–water partition coefficient (Wildman–Crippen LogP) is 11.5. The average Bonchev–Trinajstić information content (AvgIpc) is 3.69. The molecule has 0 saturated carbocycles. The van der Waals surface area contributed by atoms with Crippen molar-refractivity contribution in [2.24, 2.45) is 11.7 Å². The molecule has 0 bridgehead atoms. The van der Waals surface area contributed by atoms with Gasteiger partial charge in [-0.3, -0.25) is 13.9 Å². The van der Waals surface area contributed by atoms with Gasteiger partial charge in [0.05, 0.1) is 23.5 Å². The number of hydrogen-bond donors (Lipinski definition) is 3. The third-order valence-electron chi connectivity index (χ3n) is 14.8. The van der Waals surface area contributed by atoms with Crippen molar-refractivity contribution in [3.63, 3.8) is 0 Å². The van der Waals surface area contributed by atoms with Gasteiger partial charge in [0.1, 0.15) is 6.54 Å². The van der Waals surface area contributed by atoms with Gasteiger partial charge in [-0.05, 0) is 127 Å². The lowest BCUT2D eigenvalue weighted by Gasteiger charge is -2.31. The summed E-state index contributed by atoms with van der Waals surface area (Å²) in [5.41, 5.74) is 16.0. The van der Waals surface area contributed by atoms with E-state index in [9.17, 15) is 30.7 Å². The second kappa shape index (κ2) is 21.8. The van der Waals surface area contributed by atoms with Gasteiger partial charge < -0.3 is 15.4 Å². The molecule has 1 unspecified atom stereocenters. The maximum atomic E-state index is 13.4. The first-order valence-corrected chi connectivity index (χ1v) is 28.5. The van der Waals surface area contributed by atoms with Gasteiger partial charge in [-0.1, -0.05) is 105 Å². The molecule has 1 aliphatic carbocycles. The monoisotopic (exact) mass is 1000 g/mol. The second-order valence-electron chi connectivity index (χ2n) is 20.5. The Morgan fingerprint density at radius 3 is 2.08 bits per heavy atom. The number of unbranched alkanes of at least 4 members (excludes halogenated alkanes) is 2. The lowest BCUT2D eigenvalue weighted by molar-refractivity contribution is -0.438. The van der Waals surface area contributed by atoms with Gasteiger partial charge in [0.2, 0.25) is 5.69 Å². The van der Waals surface area contributed by atoms with Crippen molar-refractivity contribution < 1.29 is 40.0 Å². The van der Waals surface area contributed by atoms with E-state index < -0.39 is 25.7 Å². The Kier molecular flexibility index (Phi) is 16.0. The number of hydrogen-bond acceptors (Lipinski definition) is 8. The predicted molar refractivity (Wildman–Crippen MR) is 288 cm³/mol. The molecule has 2 heterocycles. The maximum absolute atomic E-state index is 13.4. The summed E-state index contributed by atoms with van der Waals surface area (Å²) in [5, 5.41) is 4.70. The molecular weight excluding hydrogens is 931 g/mol. The molecule has 376 valence electrons. The molecule has 5 aromatic rings. The van der Waals surface area contributed by atoms with Crippen LogP contribution in [0.15, 0.2) is 127 Å². The van der Waals surface area contributed by atoms with E-state index >= 15 is 0 Å². The van der Waals surface area contributed by atoms with Crippen LogP contribution in [0, 0.1) is 5.92 Å². The zero-order valence-corrected chi connectivity index (χ0v) is 43.3. The molecule has 3 aliphatic rings. The maximum Gasteiger partial charge on any atom is 0.264 e. The van der Waals surface area contributed by atoms with Crippen LogP contribution in [-0.4, -0.2) is 86.4 Å². The number of Topliss-reactive ketones (excluding diaryl/α,β-unsaturated/α-hetero) is 1. The van der Waals surface area contributed by atoms with Crippen LogP contribution >= 0.6 is 0 Å². The van der Waals surface area contributed by atoms with E-state index in [1.807, 2.05) is 12.1 Å². The summed E-state index contributed by atoms with van der Waals surface area (Å²) in [5.74, 6) is -0.358. The Morgan fingerprint density at radius 1 is 0.761 bits per heavy atom. The second-order valence-corrected chi connectivity index (χ2v) is 23.6. The minimum atomic E-state index is -4.08. The average molecular weight is 1000 g/mol. The molecule has 8 rings (SSSR count). The number of carbonyl (C=O) groups excluding carboxylic acids is 1. The normalized spacial score (nSPS) is 18.4. The van der Waals surface area contributed by atoms with E-state index in [0.717, 1.165) is 53.7 Å². The van der Waals surface area contributed by atoms with Gasteiger partial charge >= 0.3 is 0 Å². The van der Waals surface area contributed by atoms with Crippen LogP contribution in [0.25, 0.3) is 27.1 Å². The largest absolute Gasteiger partial charge is 0.380 e. The number of nitrogens with zero attached hydrogens (tertiary/aromatic N) is 2. The van der Waals surface area contributed by atoms with Gasteiger partial charge in [-0.15, -0.1) is 0 Å². The smallest absolute Gasteiger partial charge is 0.264 e. The lowest BCUT2D eigenvalue weighted by atomic mass is 9.75. The fourth-order valence-corrected chi connectivity index (χ4v) is 12.7. The molecule has 0 spiro atoms. The Bertz CT molecular complexity index is 3150. The minimum absolute atomic E-state index is 0.0720. The Morgan fingerprint density at radius 2 is 1.41 bits per heavy atom. The molecule has 0 aromatic heterocycles. The number of fused-ring (bicyclic) bond motifs is 6. The third-order valence-corrected chi connectivity index (χ3v) is 16.4. The highest BCUT2D eigenvalue weighted by Gasteiger charge is 2.46. The number of ether oxygens (including phenoxy) is 1. The molecule has 0 amide bonds. The number of benzene rings is 5. The first-order valence-electron chi connectivity index (χ1n) is 25.3. The summed E-state index contributed by atoms with van der Waals surface area (Å²) in [4.78, 5) is 15.8. The topological polar surface area (TPSA) is 167 Å². The standard InChI is InChI=1S/C58H69N3O8S2/c1-57(2)52(60(35-9-11-39-70(63,64)65)49-30-26-41-15-5-7-19-47(41)55(49)57)32-28-44-17-13-18-45(54(44)46-24-22-43(23-25-46)51(62)21-14-37-69-38-34-59)29-33-53-58(3,4)56-48-20-8-6-16-42(48)27-31-50(56)61(53)36-10-12-40-71(66,67)68/h5-8,15-16,19-20,22-28,30-33,45H,9-14,17-18,21,29,34-40,59H2,1-4H3,(H-,63,64,65,66,67,68)/p+1/b32-28+,53-33-. The Hall–Kier alpha value is -5.28. The van der Waals surface area contributed by atoms with Crippen molar-refractivity contribution in [1.29, 1.82) is 0 Å². The first-order chi connectivity index (χ1) is 33.9. The van der Waals surface area contributed by atoms with Crippen molar-refractivity contribution >= 4 is 70.2 Å². The summed E-state index contributed by atoms with van der Waals surface area (Å²) in [6, 6.07) is 33.7. The molecule has 0 radical (unpaired) electrons. The van der Waals surface area contributed by atoms with Crippen molar-refractivity contribution in [2.45, 2.75) is 103 Å². The van der Waals surface area contributed by atoms with E-state index in [0.29, 0.717) is 76.9 Å². The zero-order chi connectivity index (χ0) is 50.6. The SMILES string of the molecule is CC1(C)C(/C=C/C2=C(c3ccc(C(=O)CCCOCCN)cc3)C(C/C=C3\N(CCCCS(=O)(=O)O)c4ccc5ccccc5c4C3(C)C)CCC2)=[N+](CCCCS(=O)(=O)O)c2ccc3ccccc3c21. The van der Waals surface area contributed by atoms with Crippen LogP contribution in [0.1, 0.15) is 119 Å². The molecule has 2 aliphatic heterocycles. The van der Waals surface area contributed by atoms with E-state index in [1.54, 1.807) is 0 Å². The van der Waals surface area contributed by atoms with E-state index in [-0.39, 0.29) is 28.6 Å². The molecular formula is C58H70N3O8S2+. The van der Waals surface area contributed by atoms with Crippen LogP contribution in [0.4, 0.5) is 11.4 Å². The van der Waals surface area contributed by atoms with Gasteiger partial charge in [0, 0.05) is 72.6 Å². The number of allylic oxidation sites excluding steroid dienone is 6. The number of ketones is 1. The summed E-state index contributed by atoms with van der Waals surface area (Å²) >= 11 is 0.